The van der Waals surface area contributed by atoms with Crippen LogP contribution in [0.3, 0.4) is 0 Å². The van der Waals surface area contributed by atoms with E-state index in [1.54, 1.807) is 18.3 Å². The summed E-state index contributed by atoms with van der Waals surface area (Å²) in [5.74, 6) is 0. The van der Waals surface area contributed by atoms with Crippen molar-refractivity contribution in [2.75, 3.05) is 0 Å². The van der Waals surface area contributed by atoms with Crippen molar-refractivity contribution in [1.82, 2.24) is 15.0 Å². The molecular weight excluding hydrogens is 178 g/mol. The van der Waals surface area contributed by atoms with Crippen LogP contribution in [-0.4, -0.2) is 15.0 Å². The molecule has 0 fully saturated rings. The maximum Gasteiger partial charge on any atom is 0.261 e. The van der Waals surface area contributed by atoms with Crippen molar-refractivity contribution < 1.29 is 0 Å². The zero-order valence-corrected chi connectivity index (χ0v) is 6.67. The van der Waals surface area contributed by atoms with Gasteiger partial charge in [0.05, 0.1) is 5.39 Å². The van der Waals surface area contributed by atoms with Gasteiger partial charge in [-0.2, -0.15) is 4.98 Å². The topological polar surface area (TPSA) is 58.6 Å². The summed E-state index contributed by atoms with van der Waals surface area (Å²) in [6, 6.07) is 3.32. The first kappa shape index (κ1) is 7.24. The van der Waals surface area contributed by atoms with Crippen molar-refractivity contribution in [3.8, 4) is 0 Å². The third kappa shape index (κ3) is 1.06. The Morgan fingerprint density at radius 3 is 3.17 bits per heavy atom. The molecule has 0 saturated carbocycles. The van der Waals surface area contributed by atoms with Crippen LogP contribution in [0.25, 0.3) is 11.0 Å². The molecule has 0 bridgehead atoms. The molecule has 0 aliphatic heterocycles. The predicted molar refractivity (Wildman–Crippen MR) is 45.2 cm³/mol. The Bertz CT molecular complexity index is 479. The van der Waals surface area contributed by atoms with E-state index in [1.165, 1.54) is 0 Å². The summed E-state index contributed by atoms with van der Waals surface area (Å²) >= 11 is 5.52. The second kappa shape index (κ2) is 2.57. The van der Waals surface area contributed by atoms with Gasteiger partial charge in [0.15, 0.2) is 5.65 Å². The molecule has 0 unspecified atom stereocenters. The fourth-order valence-electron chi connectivity index (χ4n) is 0.945. The van der Waals surface area contributed by atoms with Gasteiger partial charge in [0.2, 0.25) is 5.28 Å². The van der Waals surface area contributed by atoms with Gasteiger partial charge in [0, 0.05) is 6.20 Å². The zero-order valence-electron chi connectivity index (χ0n) is 5.91. The molecule has 0 aliphatic rings. The average molecular weight is 182 g/mol. The van der Waals surface area contributed by atoms with E-state index in [0.29, 0.717) is 11.0 Å². The quantitative estimate of drug-likeness (QED) is 0.617. The van der Waals surface area contributed by atoms with Crippen molar-refractivity contribution in [2.24, 2.45) is 0 Å². The molecular formula is C7H4ClN3O. The molecule has 5 heteroatoms. The van der Waals surface area contributed by atoms with Crippen molar-refractivity contribution in [1.29, 1.82) is 0 Å². The van der Waals surface area contributed by atoms with Gasteiger partial charge in [0.25, 0.3) is 5.56 Å². The summed E-state index contributed by atoms with van der Waals surface area (Å²) in [5, 5.41) is 0.508. The summed E-state index contributed by atoms with van der Waals surface area (Å²) in [5.41, 5.74) is 0.101. The SMILES string of the molecule is O=c1[nH]c(Cl)nc2ncccc12. The van der Waals surface area contributed by atoms with Crippen LogP contribution < -0.4 is 5.56 Å². The molecule has 2 heterocycles. The van der Waals surface area contributed by atoms with E-state index < -0.39 is 0 Å². The molecule has 0 saturated heterocycles. The molecule has 0 amide bonds. The lowest BCUT2D eigenvalue weighted by molar-refractivity contribution is 1.14. The van der Waals surface area contributed by atoms with Gasteiger partial charge in [-0.05, 0) is 23.7 Å². The Kier molecular flexibility index (Phi) is 1.55. The first-order valence-electron chi connectivity index (χ1n) is 3.28. The molecule has 0 radical (unpaired) electrons. The Morgan fingerprint density at radius 2 is 2.33 bits per heavy atom. The van der Waals surface area contributed by atoms with Gasteiger partial charge in [-0.25, -0.2) is 4.98 Å². The molecule has 12 heavy (non-hydrogen) atoms. The monoisotopic (exact) mass is 181 g/mol. The minimum atomic E-state index is -0.266. The third-order valence-corrected chi connectivity index (χ3v) is 1.63. The minimum Gasteiger partial charge on any atom is -0.297 e. The van der Waals surface area contributed by atoms with Crippen LogP contribution in [-0.2, 0) is 0 Å². The van der Waals surface area contributed by atoms with Crippen LogP contribution in [0.15, 0.2) is 23.1 Å². The van der Waals surface area contributed by atoms with Crippen molar-refractivity contribution >= 4 is 22.6 Å². The number of aromatic nitrogens is 3. The van der Waals surface area contributed by atoms with Crippen LogP contribution >= 0.6 is 11.6 Å². The Hall–Kier alpha value is -1.42. The number of halogens is 1. The first-order valence-corrected chi connectivity index (χ1v) is 3.66. The first-order chi connectivity index (χ1) is 5.77. The number of hydrogen-bond acceptors (Lipinski definition) is 3. The van der Waals surface area contributed by atoms with E-state index in [9.17, 15) is 4.79 Å². The molecule has 0 aliphatic carbocycles. The lowest BCUT2D eigenvalue weighted by Crippen LogP contribution is -2.08. The lowest BCUT2D eigenvalue weighted by atomic mass is 10.3. The number of nitrogens with one attached hydrogen (secondary N) is 1. The maximum absolute atomic E-state index is 11.2. The molecule has 2 rings (SSSR count). The summed E-state index contributed by atoms with van der Waals surface area (Å²) in [4.78, 5) is 21.3. The van der Waals surface area contributed by atoms with Crippen LogP contribution in [0.1, 0.15) is 0 Å². The summed E-state index contributed by atoms with van der Waals surface area (Å²) in [6.07, 6.45) is 1.56. The van der Waals surface area contributed by atoms with Gasteiger partial charge >= 0.3 is 0 Å². The van der Waals surface area contributed by atoms with Gasteiger partial charge < -0.3 is 0 Å². The second-order valence-corrected chi connectivity index (χ2v) is 2.59. The molecule has 0 atom stereocenters. The highest BCUT2D eigenvalue weighted by Crippen LogP contribution is 2.04. The molecule has 0 spiro atoms. The lowest BCUT2D eigenvalue weighted by Gasteiger charge is -1.93. The van der Waals surface area contributed by atoms with E-state index in [4.69, 9.17) is 11.6 Å². The highest BCUT2D eigenvalue weighted by atomic mass is 35.5. The van der Waals surface area contributed by atoms with E-state index in [-0.39, 0.29) is 10.8 Å². The Morgan fingerprint density at radius 1 is 1.50 bits per heavy atom. The molecule has 60 valence electrons. The summed E-state index contributed by atoms with van der Waals surface area (Å²) < 4.78 is 0. The second-order valence-electron chi connectivity index (χ2n) is 2.23. The predicted octanol–water partition coefficient (Wildman–Crippen LogP) is 0.971. The standard InChI is InChI=1S/C7H4ClN3O/c8-7-10-5-4(6(12)11-7)2-1-3-9-5/h1-3H,(H,9,10,11,12). The Balaban J connectivity index is 2.99. The van der Waals surface area contributed by atoms with Gasteiger partial charge in [0.1, 0.15) is 0 Å². The smallest absolute Gasteiger partial charge is 0.261 e. The fourth-order valence-corrected chi connectivity index (χ4v) is 1.11. The molecule has 1 N–H and O–H groups in total. The highest BCUT2D eigenvalue weighted by Gasteiger charge is 2.00. The number of aromatic amines is 1. The minimum absolute atomic E-state index is 0.0613. The van der Waals surface area contributed by atoms with Crippen LogP contribution in [0, 0.1) is 0 Å². The van der Waals surface area contributed by atoms with Crippen LogP contribution in [0.5, 0.6) is 0 Å². The van der Waals surface area contributed by atoms with Gasteiger partial charge in [-0.1, -0.05) is 0 Å². The van der Waals surface area contributed by atoms with Crippen molar-refractivity contribution in [2.45, 2.75) is 0 Å². The van der Waals surface area contributed by atoms with Crippen LogP contribution in [0.2, 0.25) is 5.28 Å². The third-order valence-electron chi connectivity index (χ3n) is 1.45. The number of rotatable bonds is 0. The number of fused-ring (bicyclic) bond motifs is 1. The Labute approximate surface area is 72.2 Å². The van der Waals surface area contributed by atoms with E-state index in [1.807, 2.05) is 0 Å². The normalized spacial score (nSPS) is 10.4. The number of H-pyrrole nitrogens is 1. The molecule has 2 aromatic rings. The van der Waals surface area contributed by atoms with Crippen LogP contribution in [0.4, 0.5) is 0 Å². The average Bonchev–Trinajstić information content (AvgIpc) is 2.04. The molecule has 0 aromatic carbocycles. The molecule has 2 aromatic heterocycles. The van der Waals surface area contributed by atoms with Crippen molar-refractivity contribution in [3.05, 3.63) is 34.0 Å². The van der Waals surface area contributed by atoms with E-state index >= 15 is 0 Å². The fraction of sp³-hybridized carbons (Fsp3) is 0. The van der Waals surface area contributed by atoms with Crippen molar-refractivity contribution in [3.63, 3.8) is 0 Å². The number of hydrogen-bond donors (Lipinski definition) is 1. The number of pyridine rings is 1. The van der Waals surface area contributed by atoms with Gasteiger partial charge in [-0.15, -0.1) is 0 Å². The number of nitrogens with zero attached hydrogens (tertiary/aromatic N) is 2. The summed E-state index contributed by atoms with van der Waals surface area (Å²) in [7, 11) is 0. The maximum atomic E-state index is 11.2. The summed E-state index contributed by atoms with van der Waals surface area (Å²) in [6.45, 7) is 0. The van der Waals surface area contributed by atoms with E-state index in [2.05, 4.69) is 15.0 Å². The molecule has 4 nitrogen and oxygen atoms in total. The highest BCUT2D eigenvalue weighted by molar-refractivity contribution is 6.28. The largest absolute Gasteiger partial charge is 0.297 e. The zero-order chi connectivity index (χ0) is 8.55. The van der Waals surface area contributed by atoms with Gasteiger partial charge in [-0.3, -0.25) is 9.78 Å². The van der Waals surface area contributed by atoms with E-state index in [0.717, 1.165) is 0 Å².